The Morgan fingerprint density at radius 3 is 2.67 bits per heavy atom. The fourth-order valence-corrected chi connectivity index (χ4v) is 2.08. The van der Waals surface area contributed by atoms with Crippen molar-refractivity contribution in [1.29, 1.82) is 0 Å². The van der Waals surface area contributed by atoms with Gasteiger partial charge in [-0.3, -0.25) is 4.68 Å². The highest BCUT2D eigenvalue weighted by Crippen LogP contribution is 2.28. The Hall–Kier alpha value is -1.19. The minimum Gasteiger partial charge on any atom is -0.380 e. The van der Waals surface area contributed by atoms with Gasteiger partial charge in [0.1, 0.15) is 11.5 Å². The molecule has 1 aliphatic rings. The first kappa shape index (κ1) is 10.3. The van der Waals surface area contributed by atoms with E-state index in [4.69, 9.17) is 0 Å². The van der Waals surface area contributed by atoms with Gasteiger partial charge in [-0.25, -0.2) is 0 Å². The molecule has 0 aromatic carbocycles. The topological polar surface area (TPSA) is 41.9 Å². The monoisotopic (exact) mass is 208 g/mol. The third kappa shape index (κ3) is 1.80. The predicted molar refractivity (Wildman–Crippen MR) is 63.3 cm³/mol. The summed E-state index contributed by atoms with van der Waals surface area (Å²) in [4.78, 5) is 0. The molecular formula is C11H20N4. The molecule has 0 fully saturated rings. The summed E-state index contributed by atoms with van der Waals surface area (Å²) >= 11 is 0. The molecule has 1 aromatic rings. The summed E-state index contributed by atoms with van der Waals surface area (Å²) in [5, 5.41) is 11.4. The molecule has 0 spiro atoms. The Bertz CT molecular complexity index is 325. The lowest BCUT2D eigenvalue weighted by atomic mass is 9.96. The van der Waals surface area contributed by atoms with Crippen molar-refractivity contribution in [2.24, 2.45) is 18.9 Å². The molecule has 0 saturated carbocycles. The van der Waals surface area contributed by atoms with Crippen molar-refractivity contribution in [3.63, 3.8) is 0 Å². The molecule has 4 heteroatoms. The largest absolute Gasteiger partial charge is 0.380 e. The van der Waals surface area contributed by atoms with Gasteiger partial charge >= 0.3 is 0 Å². The molecule has 0 aliphatic carbocycles. The maximum atomic E-state index is 4.40. The van der Waals surface area contributed by atoms with Crippen LogP contribution in [0, 0.1) is 18.8 Å². The van der Waals surface area contributed by atoms with Crippen molar-refractivity contribution in [3.8, 4) is 0 Å². The minimum atomic E-state index is 0.678. The molecule has 2 N–H and O–H groups in total. The summed E-state index contributed by atoms with van der Waals surface area (Å²) < 4.78 is 1.92. The number of hydrogen-bond donors (Lipinski definition) is 2. The maximum absolute atomic E-state index is 4.40. The SMILES string of the molecule is Cc1nn(C)c2c1NCC(C(C)C)CN2. The molecule has 1 unspecified atom stereocenters. The molecule has 2 rings (SSSR count). The summed E-state index contributed by atoms with van der Waals surface area (Å²) in [6.45, 7) is 8.65. The minimum absolute atomic E-state index is 0.678. The summed E-state index contributed by atoms with van der Waals surface area (Å²) in [5.41, 5.74) is 2.24. The second-order valence-corrected chi connectivity index (χ2v) is 4.70. The van der Waals surface area contributed by atoms with Crippen LogP contribution in [0.2, 0.25) is 0 Å². The van der Waals surface area contributed by atoms with E-state index in [0.29, 0.717) is 11.8 Å². The molecule has 0 saturated heterocycles. The standard InChI is InChI=1S/C11H20N4/c1-7(2)9-5-12-10-8(3)14-15(4)11(10)13-6-9/h7,9,12-13H,5-6H2,1-4H3. The zero-order valence-electron chi connectivity index (χ0n) is 9.96. The Kier molecular flexibility index (Phi) is 2.59. The number of anilines is 2. The van der Waals surface area contributed by atoms with Crippen molar-refractivity contribution in [3.05, 3.63) is 5.69 Å². The van der Waals surface area contributed by atoms with Crippen LogP contribution in [0.15, 0.2) is 0 Å². The molecule has 0 bridgehead atoms. The van der Waals surface area contributed by atoms with E-state index in [1.54, 1.807) is 0 Å². The van der Waals surface area contributed by atoms with Gasteiger partial charge in [-0.1, -0.05) is 13.8 Å². The molecule has 1 aromatic heterocycles. The molecule has 0 radical (unpaired) electrons. The van der Waals surface area contributed by atoms with Crippen LogP contribution in [0.25, 0.3) is 0 Å². The van der Waals surface area contributed by atoms with Gasteiger partial charge in [-0.05, 0) is 18.8 Å². The quantitative estimate of drug-likeness (QED) is 0.740. The summed E-state index contributed by atoms with van der Waals surface area (Å²) in [6.07, 6.45) is 0. The van der Waals surface area contributed by atoms with Gasteiger partial charge in [-0.15, -0.1) is 0 Å². The first-order valence-corrected chi connectivity index (χ1v) is 5.61. The van der Waals surface area contributed by atoms with Crippen LogP contribution in [0.3, 0.4) is 0 Å². The van der Waals surface area contributed by atoms with E-state index < -0.39 is 0 Å². The normalized spacial score (nSPS) is 20.5. The van der Waals surface area contributed by atoms with Gasteiger partial charge < -0.3 is 10.6 Å². The van der Waals surface area contributed by atoms with Crippen molar-refractivity contribution in [2.45, 2.75) is 20.8 Å². The average Bonchev–Trinajstić information content (AvgIpc) is 2.40. The molecule has 15 heavy (non-hydrogen) atoms. The second kappa shape index (κ2) is 3.76. The lowest BCUT2D eigenvalue weighted by Crippen LogP contribution is -2.24. The van der Waals surface area contributed by atoms with Crippen molar-refractivity contribution in [1.82, 2.24) is 9.78 Å². The number of rotatable bonds is 1. The molecule has 2 heterocycles. The van der Waals surface area contributed by atoms with Crippen molar-refractivity contribution >= 4 is 11.5 Å². The number of fused-ring (bicyclic) bond motifs is 1. The smallest absolute Gasteiger partial charge is 0.147 e. The van der Waals surface area contributed by atoms with Crippen LogP contribution in [0.4, 0.5) is 11.5 Å². The number of aromatic nitrogens is 2. The zero-order valence-corrected chi connectivity index (χ0v) is 9.96. The van der Waals surface area contributed by atoms with Gasteiger partial charge in [0.15, 0.2) is 0 Å². The van der Waals surface area contributed by atoms with Gasteiger partial charge in [0.25, 0.3) is 0 Å². The van der Waals surface area contributed by atoms with Crippen molar-refractivity contribution < 1.29 is 0 Å². The van der Waals surface area contributed by atoms with Gasteiger partial charge in [0.05, 0.1) is 5.69 Å². The Morgan fingerprint density at radius 2 is 2.00 bits per heavy atom. The third-order valence-corrected chi connectivity index (χ3v) is 3.24. The first-order chi connectivity index (χ1) is 7.09. The molecule has 0 amide bonds. The van der Waals surface area contributed by atoms with Crippen LogP contribution in [0.1, 0.15) is 19.5 Å². The Morgan fingerprint density at radius 1 is 1.33 bits per heavy atom. The van der Waals surface area contributed by atoms with E-state index in [2.05, 4.69) is 29.6 Å². The van der Waals surface area contributed by atoms with Crippen LogP contribution in [0.5, 0.6) is 0 Å². The lowest BCUT2D eigenvalue weighted by Gasteiger charge is -2.18. The van der Waals surface area contributed by atoms with Crippen molar-refractivity contribution in [2.75, 3.05) is 23.7 Å². The fourth-order valence-electron chi connectivity index (χ4n) is 2.08. The van der Waals surface area contributed by atoms with Crippen LogP contribution >= 0.6 is 0 Å². The molecule has 1 atom stereocenters. The van der Waals surface area contributed by atoms with E-state index in [1.807, 2.05) is 18.7 Å². The number of nitrogens with zero attached hydrogens (tertiary/aromatic N) is 2. The third-order valence-electron chi connectivity index (χ3n) is 3.24. The maximum Gasteiger partial charge on any atom is 0.147 e. The summed E-state index contributed by atoms with van der Waals surface area (Å²) in [7, 11) is 1.98. The average molecular weight is 208 g/mol. The summed E-state index contributed by atoms with van der Waals surface area (Å²) in [6, 6.07) is 0. The number of aryl methyl sites for hydroxylation is 2. The molecule has 4 nitrogen and oxygen atoms in total. The number of hydrogen-bond acceptors (Lipinski definition) is 3. The highest BCUT2D eigenvalue weighted by Gasteiger charge is 2.21. The van der Waals surface area contributed by atoms with E-state index in [9.17, 15) is 0 Å². The highest BCUT2D eigenvalue weighted by atomic mass is 15.3. The zero-order chi connectivity index (χ0) is 11.0. The van der Waals surface area contributed by atoms with Gasteiger partial charge in [0.2, 0.25) is 0 Å². The highest BCUT2D eigenvalue weighted by molar-refractivity contribution is 5.68. The van der Waals surface area contributed by atoms with Gasteiger partial charge in [-0.2, -0.15) is 5.10 Å². The van der Waals surface area contributed by atoms with E-state index in [1.165, 1.54) is 5.69 Å². The molecular weight excluding hydrogens is 188 g/mol. The Labute approximate surface area is 91.1 Å². The fraction of sp³-hybridized carbons (Fsp3) is 0.727. The van der Waals surface area contributed by atoms with E-state index in [0.717, 1.165) is 24.6 Å². The molecule has 1 aliphatic heterocycles. The first-order valence-electron chi connectivity index (χ1n) is 5.61. The lowest BCUT2D eigenvalue weighted by molar-refractivity contribution is 0.425. The van der Waals surface area contributed by atoms with Crippen LogP contribution in [-0.2, 0) is 7.05 Å². The number of nitrogens with one attached hydrogen (secondary N) is 2. The van der Waals surface area contributed by atoms with Crippen LogP contribution < -0.4 is 10.6 Å². The predicted octanol–water partition coefficient (Wildman–Crippen LogP) is 1.84. The van der Waals surface area contributed by atoms with E-state index >= 15 is 0 Å². The second-order valence-electron chi connectivity index (χ2n) is 4.70. The van der Waals surface area contributed by atoms with E-state index in [-0.39, 0.29) is 0 Å². The summed E-state index contributed by atoms with van der Waals surface area (Å²) in [5.74, 6) is 2.50. The van der Waals surface area contributed by atoms with Crippen LogP contribution in [-0.4, -0.2) is 22.9 Å². The molecule has 84 valence electrons. The van der Waals surface area contributed by atoms with Gasteiger partial charge in [0, 0.05) is 20.1 Å². The Balaban J connectivity index is 2.22.